The van der Waals surface area contributed by atoms with E-state index in [-0.39, 0.29) is 0 Å². The maximum absolute atomic E-state index is 6.72. The first-order chi connectivity index (χ1) is 29.3. The Morgan fingerprint density at radius 1 is 0.356 bits per heavy atom. The fourth-order valence-corrected chi connectivity index (χ4v) is 9.31. The molecule has 0 atom stereocenters. The van der Waals surface area contributed by atoms with E-state index in [0.29, 0.717) is 0 Å². The number of nitrogens with zero attached hydrogens (tertiary/aromatic N) is 2. The summed E-state index contributed by atoms with van der Waals surface area (Å²) in [6.07, 6.45) is 0. The minimum Gasteiger partial charge on any atom is -0.454 e. The molecular formula is C56H36N2O. The molecule has 0 amide bonds. The van der Waals surface area contributed by atoms with Crippen molar-refractivity contribution in [1.29, 1.82) is 0 Å². The molecule has 0 bridgehead atoms. The Kier molecular flexibility index (Phi) is 7.54. The van der Waals surface area contributed by atoms with Crippen LogP contribution in [0.3, 0.4) is 0 Å². The van der Waals surface area contributed by atoms with Gasteiger partial charge in [-0.15, -0.1) is 0 Å². The van der Waals surface area contributed by atoms with Gasteiger partial charge >= 0.3 is 0 Å². The summed E-state index contributed by atoms with van der Waals surface area (Å²) in [7, 11) is 0. The van der Waals surface area contributed by atoms with E-state index in [1.165, 1.54) is 60.2 Å². The number of hydrogen-bond acceptors (Lipinski definition) is 2. The second kappa shape index (κ2) is 13.4. The number of fused-ring (bicyclic) bond motifs is 8. The van der Waals surface area contributed by atoms with Crippen LogP contribution in [-0.2, 0) is 0 Å². The third kappa shape index (κ3) is 5.29. The molecule has 0 spiro atoms. The molecule has 0 unspecified atom stereocenters. The Balaban J connectivity index is 1.06. The lowest BCUT2D eigenvalue weighted by molar-refractivity contribution is 0.669. The lowest BCUT2D eigenvalue weighted by atomic mass is 9.95. The van der Waals surface area contributed by atoms with Crippen LogP contribution in [0.2, 0.25) is 0 Å². The van der Waals surface area contributed by atoms with Crippen molar-refractivity contribution in [3.63, 3.8) is 0 Å². The van der Waals surface area contributed by atoms with Crippen LogP contribution in [0.5, 0.6) is 0 Å². The van der Waals surface area contributed by atoms with E-state index in [1.807, 2.05) is 6.07 Å². The van der Waals surface area contributed by atoms with Crippen molar-refractivity contribution in [3.8, 4) is 27.9 Å². The quantitative estimate of drug-likeness (QED) is 0.169. The maximum atomic E-state index is 6.72. The molecule has 2 heterocycles. The molecule has 59 heavy (non-hydrogen) atoms. The molecule has 276 valence electrons. The Labute approximate surface area is 341 Å². The molecule has 0 aliphatic heterocycles. The smallest absolute Gasteiger partial charge is 0.159 e. The van der Waals surface area contributed by atoms with Gasteiger partial charge in [0, 0.05) is 38.3 Å². The second-order valence-corrected chi connectivity index (χ2v) is 15.3. The number of benzene rings is 10. The van der Waals surface area contributed by atoms with E-state index in [4.69, 9.17) is 4.42 Å². The third-order valence-corrected chi connectivity index (χ3v) is 12.0. The Morgan fingerprint density at radius 2 is 0.983 bits per heavy atom. The minimum atomic E-state index is 0.861. The van der Waals surface area contributed by atoms with Crippen LogP contribution in [0, 0.1) is 0 Å². The lowest BCUT2D eigenvalue weighted by Crippen LogP contribution is -2.11. The van der Waals surface area contributed by atoms with Gasteiger partial charge in [0.05, 0.1) is 22.4 Å². The van der Waals surface area contributed by atoms with Crippen molar-refractivity contribution < 1.29 is 4.42 Å². The number of furan rings is 1. The standard InChI is InChI=1S/C56H36N2O/c1-2-16-40(17-3-1)57-51-25-10-8-21-47(51)50-36-39(30-34-53(50)57)44-33-35-52(46-20-7-6-19-45(44)46)58(54-26-13-24-49-48-22-9-11-27-55(48)59-56(49)54)41-31-28-38(29-32-41)43-23-12-15-37-14-4-5-18-42(37)43/h1-36H. The molecule has 0 fully saturated rings. The summed E-state index contributed by atoms with van der Waals surface area (Å²) in [5.41, 5.74) is 13.2. The van der Waals surface area contributed by atoms with Crippen LogP contribution in [0.15, 0.2) is 223 Å². The van der Waals surface area contributed by atoms with E-state index in [2.05, 4.69) is 222 Å². The zero-order valence-corrected chi connectivity index (χ0v) is 32.1. The first kappa shape index (κ1) is 33.3. The van der Waals surface area contributed by atoms with Crippen molar-refractivity contribution in [3.05, 3.63) is 218 Å². The molecule has 10 aromatic carbocycles. The average Bonchev–Trinajstić information content (AvgIpc) is 3.86. The van der Waals surface area contributed by atoms with Gasteiger partial charge in [-0.2, -0.15) is 0 Å². The zero-order chi connectivity index (χ0) is 38.9. The van der Waals surface area contributed by atoms with Crippen LogP contribution in [0.4, 0.5) is 17.1 Å². The molecule has 3 nitrogen and oxygen atoms in total. The van der Waals surface area contributed by atoms with Gasteiger partial charge in [-0.3, -0.25) is 0 Å². The van der Waals surface area contributed by atoms with Crippen molar-refractivity contribution in [2.45, 2.75) is 0 Å². The van der Waals surface area contributed by atoms with Gasteiger partial charge < -0.3 is 13.9 Å². The Bertz CT molecular complexity index is 3550. The van der Waals surface area contributed by atoms with Gasteiger partial charge in [-0.05, 0) is 99.1 Å². The van der Waals surface area contributed by atoms with E-state index in [9.17, 15) is 0 Å². The second-order valence-electron chi connectivity index (χ2n) is 15.3. The van der Waals surface area contributed by atoms with Crippen molar-refractivity contribution in [2.75, 3.05) is 4.90 Å². The van der Waals surface area contributed by atoms with Crippen LogP contribution in [0.1, 0.15) is 0 Å². The molecule has 12 aromatic rings. The Morgan fingerprint density at radius 3 is 1.85 bits per heavy atom. The number of anilines is 3. The first-order valence-corrected chi connectivity index (χ1v) is 20.2. The number of para-hydroxylation sites is 4. The van der Waals surface area contributed by atoms with Gasteiger partial charge in [0.25, 0.3) is 0 Å². The molecule has 3 heteroatoms. The summed E-state index contributed by atoms with van der Waals surface area (Å²) in [4.78, 5) is 2.38. The molecule has 0 saturated carbocycles. The highest BCUT2D eigenvalue weighted by Gasteiger charge is 2.23. The van der Waals surface area contributed by atoms with Crippen molar-refractivity contribution >= 4 is 82.4 Å². The molecule has 0 saturated heterocycles. The van der Waals surface area contributed by atoms with E-state index >= 15 is 0 Å². The third-order valence-electron chi connectivity index (χ3n) is 12.0. The van der Waals surface area contributed by atoms with Crippen molar-refractivity contribution in [2.24, 2.45) is 0 Å². The Hall–Kier alpha value is -7.88. The molecule has 0 N–H and O–H groups in total. The largest absolute Gasteiger partial charge is 0.454 e. The highest BCUT2D eigenvalue weighted by Crippen LogP contribution is 2.47. The fraction of sp³-hybridized carbons (Fsp3) is 0. The monoisotopic (exact) mass is 752 g/mol. The van der Waals surface area contributed by atoms with Gasteiger partial charge in [0.2, 0.25) is 0 Å². The maximum Gasteiger partial charge on any atom is 0.159 e. The molecule has 0 radical (unpaired) electrons. The number of aromatic nitrogens is 1. The van der Waals surface area contributed by atoms with Crippen LogP contribution >= 0.6 is 0 Å². The van der Waals surface area contributed by atoms with Crippen LogP contribution in [0.25, 0.3) is 93.2 Å². The van der Waals surface area contributed by atoms with E-state index in [1.54, 1.807) is 0 Å². The van der Waals surface area contributed by atoms with E-state index in [0.717, 1.165) is 50.1 Å². The molecule has 12 rings (SSSR count). The summed E-state index contributed by atoms with van der Waals surface area (Å²) in [6.45, 7) is 0. The van der Waals surface area contributed by atoms with Gasteiger partial charge in [-0.25, -0.2) is 0 Å². The van der Waals surface area contributed by atoms with Gasteiger partial charge in [0.15, 0.2) is 5.58 Å². The highest BCUT2D eigenvalue weighted by atomic mass is 16.3. The van der Waals surface area contributed by atoms with Crippen molar-refractivity contribution in [1.82, 2.24) is 4.57 Å². The van der Waals surface area contributed by atoms with Crippen LogP contribution in [-0.4, -0.2) is 4.57 Å². The van der Waals surface area contributed by atoms with E-state index < -0.39 is 0 Å². The van der Waals surface area contributed by atoms with Gasteiger partial charge in [-0.1, -0.05) is 158 Å². The van der Waals surface area contributed by atoms with Gasteiger partial charge in [0.1, 0.15) is 5.58 Å². The predicted octanol–water partition coefficient (Wildman–Crippen LogP) is 15.8. The minimum absolute atomic E-state index is 0.861. The summed E-state index contributed by atoms with van der Waals surface area (Å²) in [5.74, 6) is 0. The summed E-state index contributed by atoms with van der Waals surface area (Å²) in [6, 6.07) is 78.7. The molecule has 0 aliphatic rings. The molecule has 2 aromatic heterocycles. The predicted molar refractivity (Wildman–Crippen MR) is 249 cm³/mol. The zero-order valence-electron chi connectivity index (χ0n) is 32.1. The number of hydrogen-bond donors (Lipinski definition) is 0. The average molecular weight is 753 g/mol. The lowest BCUT2D eigenvalue weighted by Gasteiger charge is -2.28. The number of rotatable bonds is 6. The normalized spacial score (nSPS) is 11.7. The van der Waals surface area contributed by atoms with Crippen LogP contribution < -0.4 is 4.90 Å². The SMILES string of the molecule is c1ccc(-n2c3ccccc3c3cc(-c4ccc(N(c5ccc(-c6cccc7ccccc67)cc5)c5cccc6c5oc5ccccc56)c5ccccc45)ccc32)cc1. The molecular weight excluding hydrogens is 717 g/mol. The summed E-state index contributed by atoms with van der Waals surface area (Å²) in [5, 5.41) is 9.51. The summed E-state index contributed by atoms with van der Waals surface area (Å²) < 4.78 is 9.09. The summed E-state index contributed by atoms with van der Waals surface area (Å²) >= 11 is 0. The highest BCUT2D eigenvalue weighted by molar-refractivity contribution is 6.14. The topological polar surface area (TPSA) is 21.3 Å². The molecule has 0 aliphatic carbocycles. The fourth-order valence-electron chi connectivity index (χ4n) is 9.31. The first-order valence-electron chi connectivity index (χ1n) is 20.2.